The van der Waals surface area contributed by atoms with Gasteiger partial charge >= 0.3 is 12.1 Å². The van der Waals surface area contributed by atoms with Crippen LogP contribution in [0, 0.1) is 27.9 Å². The average Bonchev–Trinajstić information content (AvgIpc) is 2.66. The molecule has 0 unspecified atom stereocenters. The minimum Gasteiger partial charge on any atom is -0.326 e. The summed E-state index contributed by atoms with van der Waals surface area (Å²) in [5, 5.41) is 12.7. The molecule has 1 aromatic carbocycles. The van der Waals surface area contributed by atoms with E-state index in [0.29, 0.717) is 42.6 Å². The molecule has 0 spiro atoms. The van der Waals surface area contributed by atoms with E-state index in [4.69, 9.17) is 0 Å². The molecular weight excluding hydrogens is 415 g/mol. The minimum absolute atomic E-state index is 0.144. The van der Waals surface area contributed by atoms with Gasteiger partial charge in [0.05, 0.1) is 0 Å². The molecule has 2 amide bonds. The van der Waals surface area contributed by atoms with Gasteiger partial charge in [-0.1, -0.05) is 13.0 Å². The number of nitrogens with zero attached hydrogens (tertiary/aromatic N) is 2. The number of carbonyl (C=O) groups excluding carboxylic acids is 2. The average molecular weight is 439 g/mol. The van der Waals surface area contributed by atoms with Gasteiger partial charge in [0, 0.05) is 23.1 Å². The summed E-state index contributed by atoms with van der Waals surface area (Å²) in [4.78, 5) is 35.9. The van der Waals surface area contributed by atoms with Crippen molar-refractivity contribution < 1.29 is 27.8 Å². The maximum atomic E-state index is 13.2. The lowest BCUT2D eigenvalue weighted by Crippen LogP contribution is -2.51. The van der Waals surface area contributed by atoms with Gasteiger partial charge in [-0.05, 0) is 73.4 Å². The van der Waals surface area contributed by atoms with Crippen molar-refractivity contribution >= 4 is 23.2 Å². The molecule has 10 heteroatoms. The number of nitro groups is 1. The van der Waals surface area contributed by atoms with E-state index in [2.05, 4.69) is 5.32 Å². The van der Waals surface area contributed by atoms with Crippen LogP contribution in [0.3, 0.4) is 0 Å². The number of halogens is 3. The van der Waals surface area contributed by atoms with Gasteiger partial charge in [-0.25, -0.2) is 10.1 Å². The van der Waals surface area contributed by atoms with E-state index in [1.165, 1.54) is 12.1 Å². The minimum atomic E-state index is -5.41. The first-order chi connectivity index (χ1) is 14.5. The number of alkyl halides is 3. The molecule has 5 rings (SSSR count). The molecular formula is C21H24F3N3O4. The summed E-state index contributed by atoms with van der Waals surface area (Å²) in [6, 6.07) is 4.08. The SMILES string of the molecule is CCC(=O)Nc1cccc(N(C(=O)C(F)(F)F)[N+](=O)[O-])c1C12CC3CC(CC(C3)C1)C2. The Bertz CT molecular complexity index is 896. The Kier molecular flexibility index (Phi) is 5.21. The fourth-order valence-corrected chi connectivity index (χ4v) is 6.43. The molecule has 0 heterocycles. The zero-order chi connectivity index (χ0) is 22.6. The summed E-state index contributed by atoms with van der Waals surface area (Å²) in [5.74, 6) is -1.70. The van der Waals surface area contributed by atoms with Gasteiger partial charge in [0.1, 0.15) is 5.69 Å². The van der Waals surface area contributed by atoms with Crippen LogP contribution in [0.5, 0.6) is 0 Å². The van der Waals surface area contributed by atoms with Crippen molar-refractivity contribution in [1.82, 2.24) is 0 Å². The Morgan fingerprint density at radius 1 is 1.16 bits per heavy atom. The second-order valence-electron chi connectivity index (χ2n) is 9.15. The van der Waals surface area contributed by atoms with E-state index < -0.39 is 33.2 Å². The Morgan fingerprint density at radius 2 is 1.71 bits per heavy atom. The smallest absolute Gasteiger partial charge is 0.326 e. The molecule has 7 nitrogen and oxygen atoms in total. The van der Waals surface area contributed by atoms with Crippen molar-refractivity contribution in [3.63, 3.8) is 0 Å². The van der Waals surface area contributed by atoms with E-state index >= 15 is 0 Å². The predicted octanol–water partition coefficient (Wildman–Crippen LogP) is 4.59. The summed E-state index contributed by atoms with van der Waals surface area (Å²) in [6.45, 7) is 1.64. The third-order valence-electron chi connectivity index (χ3n) is 7.03. The molecule has 0 radical (unpaired) electrons. The van der Waals surface area contributed by atoms with Crippen molar-refractivity contribution in [2.24, 2.45) is 17.8 Å². The molecule has 4 aliphatic rings. The van der Waals surface area contributed by atoms with Crippen LogP contribution in [-0.4, -0.2) is 23.0 Å². The lowest BCUT2D eigenvalue weighted by Gasteiger charge is -2.57. The second-order valence-corrected chi connectivity index (χ2v) is 9.15. The first-order valence-electron chi connectivity index (χ1n) is 10.5. The molecule has 4 bridgehead atoms. The van der Waals surface area contributed by atoms with Crippen molar-refractivity contribution in [3.05, 3.63) is 33.9 Å². The van der Waals surface area contributed by atoms with Crippen LogP contribution in [0.15, 0.2) is 18.2 Å². The topological polar surface area (TPSA) is 92.6 Å². The molecule has 31 heavy (non-hydrogen) atoms. The molecule has 0 aliphatic heterocycles. The van der Waals surface area contributed by atoms with Gasteiger partial charge in [0.2, 0.25) is 5.91 Å². The van der Waals surface area contributed by atoms with Gasteiger partial charge < -0.3 is 5.32 Å². The third kappa shape index (κ3) is 3.76. The van der Waals surface area contributed by atoms with Crippen LogP contribution in [0.4, 0.5) is 24.5 Å². The van der Waals surface area contributed by atoms with Gasteiger partial charge in [-0.2, -0.15) is 13.2 Å². The highest BCUT2D eigenvalue weighted by Gasteiger charge is 2.56. The van der Waals surface area contributed by atoms with Crippen molar-refractivity contribution in [2.75, 3.05) is 10.3 Å². The normalized spacial score (nSPS) is 29.0. The lowest BCUT2D eigenvalue weighted by atomic mass is 9.47. The van der Waals surface area contributed by atoms with Gasteiger partial charge in [-0.15, -0.1) is 0 Å². The van der Waals surface area contributed by atoms with Crippen LogP contribution in [0.1, 0.15) is 57.4 Å². The molecule has 1 aromatic rings. The monoisotopic (exact) mass is 439 g/mol. The maximum absolute atomic E-state index is 13.2. The molecule has 0 atom stereocenters. The first kappa shape index (κ1) is 21.6. The van der Waals surface area contributed by atoms with Gasteiger partial charge in [-0.3, -0.25) is 9.59 Å². The summed E-state index contributed by atoms with van der Waals surface area (Å²) in [5.41, 5.74) is -0.441. The highest BCUT2D eigenvalue weighted by atomic mass is 19.4. The van der Waals surface area contributed by atoms with E-state index in [-0.39, 0.29) is 18.0 Å². The Balaban J connectivity index is 1.90. The van der Waals surface area contributed by atoms with Crippen molar-refractivity contribution in [1.29, 1.82) is 0 Å². The summed E-state index contributed by atoms with van der Waals surface area (Å²) in [7, 11) is 0. The fourth-order valence-electron chi connectivity index (χ4n) is 6.43. The Labute approximate surface area is 177 Å². The number of anilines is 2. The number of hydrogen-bond acceptors (Lipinski definition) is 4. The predicted molar refractivity (Wildman–Crippen MR) is 106 cm³/mol. The maximum Gasteiger partial charge on any atom is 0.477 e. The highest BCUT2D eigenvalue weighted by Crippen LogP contribution is 2.63. The highest BCUT2D eigenvalue weighted by molar-refractivity contribution is 5.98. The van der Waals surface area contributed by atoms with Gasteiger partial charge in [0.25, 0.3) is 0 Å². The Morgan fingerprint density at radius 3 is 2.16 bits per heavy atom. The molecule has 0 aromatic heterocycles. The van der Waals surface area contributed by atoms with E-state index in [9.17, 15) is 32.9 Å². The number of nitrogens with one attached hydrogen (secondary N) is 1. The van der Waals surface area contributed by atoms with Crippen LogP contribution in [0.2, 0.25) is 0 Å². The van der Waals surface area contributed by atoms with Crippen molar-refractivity contribution in [2.45, 2.75) is 63.5 Å². The number of carbonyl (C=O) groups is 2. The summed E-state index contributed by atoms with van der Waals surface area (Å²) < 4.78 is 39.7. The largest absolute Gasteiger partial charge is 0.477 e. The van der Waals surface area contributed by atoms with Crippen molar-refractivity contribution in [3.8, 4) is 0 Å². The molecule has 4 fully saturated rings. The van der Waals surface area contributed by atoms with E-state index in [1.54, 1.807) is 13.0 Å². The third-order valence-corrected chi connectivity index (χ3v) is 7.03. The number of rotatable bonds is 5. The van der Waals surface area contributed by atoms with Gasteiger partial charge in [0.15, 0.2) is 5.03 Å². The second kappa shape index (κ2) is 7.49. The fraction of sp³-hybridized carbons (Fsp3) is 0.619. The zero-order valence-corrected chi connectivity index (χ0v) is 17.1. The molecule has 4 saturated carbocycles. The zero-order valence-electron chi connectivity index (χ0n) is 17.1. The molecule has 168 valence electrons. The first-order valence-corrected chi connectivity index (χ1v) is 10.5. The van der Waals surface area contributed by atoms with Crippen LogP contribution >= 0.6 is 0 Å². The number of hydrogen-bond donors (Lipinski definition) is 1. The van der Waals surface area contributed by atoms with Crippen LogP contribution < -0.4 is 10.3 Å². The number of amides is 2. The van der Waals surface area contributed by atoms with E-state index in [1.807, 2.05) is 0 Å². The number of hydrazine groups is 1. The van der Waals surface area contributed by atoms with Crippen LogP contribution in [0.25, 0.3) is 0 Å². The molecule has 1 N–H and O–H groups in total. The number of benzene rings is 1. The summed E-state index contributed by atoms with van der Waals surface area (Å²) >= 11 is 0. The van der Waals surface area contributed by atoms with E-state index in [0.717, 1.165) is 19.3 Å². The summed E-state index contributed by atoms with van der Waals surface area (Å²) in [6.07, 6.45) is -0.0285. The lowest BCUT2D eigenvalue weighted by molar-refractivity contribution is -0.486. The molecule has 4 aliphatic carbocycles. The molecule has 0 saturated heterocycles. The standard InChI is InChI=1S/C21H24F3N3O4/c1-2-17(28)25-15-4-3-5-16(26(27(30)31)19(29)21(22,23)24)18(15)20-9-12-6-13(10-20)8-14(7-12)11-20/h3-5,12-14H,2,6-11H2,1H3,(H,25,28). The quantitative estimate of drug-likeness (QED) is 0.537. The Hall–Kier alpha value is -2.65. The van der Waals surface area contributed by atoms with Crippen LogP contribution in [-0.2, 0) is 15.0 Å².